The average molecular weight is 343 g/mol. The number of nitrogens with zero attached hydrogens (tertiary/aromatic N) is 5. The van der Waals surface area contributed by atoms with Gasteiger partial charge in [-0.3, -0.25) is 9.48 Å². The quantitative estimate of drug-likeness (QED) is 0.847. The summed E-state index contributed by atoms with van der Waals surface area (Å²) in [5.41, 5.74) is 2.38. The highest BCUT2D eigenvalue weighted by atomic mass is 16.5. The number of aryl methyl sites for hydroxylation is 2. The first-order valence-corrected chi connectivity index (χ1v) is 8.47. The molecular formula is C18H25N5O2. The van der Waals surface area contributed by atoms with E-state index in [9.17, 15) is 4.79 Å². The molecule has 1 amide bonds. The summed E-state index contributed by atoms with van der Waals surface area (Å²) in [6.45, 7) is 5.07. The largest absolute Gasteiger partial charge is 0.485 e. The normalized spacial score (nSPS) is 17.0. The smallest absolute Gasteiger partial charge is 0.257 e. The van der Waals surface area contributed by atoms with Crippen molar-refractivity contribution in [3.05, 3.63) is 35.3 Å². The van der Waals surface area contributed by atoms with E-state index in [1.165, 1.54) is 0 Å². The highest BCUT2D eigenvalue weighted by Crippen LogP contribution is 2.27. The van der Waals surface area contributed by atoms with Crippen molar-refractivity contribution < 1.29 is 9.53 Å². The van der Waals surface area contributed by atoms with Gasteiger partial charge in [-0.05, 0) is 26.0 Å². The maximum atomic E-state index is 12.9. The standard InChI is InChI=1S/C18H25N5O2/c1-12-16(13(2)22(5)20-12)18(24)23-10-8-14(11-23)25-15-7-6-9-19-17(15)21(3)4/h6-7,9,14H,8,10-11H2,1-5H3/t14-/m1/s1. The predicted molar refractivity (Wildman–Crippen MR) is 96.2 cm³/mol. The molecule has 1 aliphatic rings. The number of hydrogen-bond acceptors (Lipinski definition) is 5. The molecule has 0 bridgehead atoms. The Balaban J connectivity index is 1.71. The van der Waals surface area contributed by atoms with Crippen molar-refractivity contribution in [3.63, 3.8) is 0 Å². The lowest BCUT2D eigenvalue weighted by Gasteiger charge is -2.20. The third-order valence-electron chi connectivity index (χ3n) is 4.62. The summed E-state index contributed by atoms with van der Waals surface area (Å²) in [6.07, 6.45) is 2.54. The van der Waals surface area contributed by atoms with Gasteiger partial charge < -0.3 is 14.5 Å². The van der Waals surface area contributed by atoms with Gasteiger partial charge in [0.05, 0.1) is 17.8 Å². The number of rotatable bonds is 4. The van der Waals surface area contributed by atoms with E-state index in [2.05, 4.69) is 10.1 Å². The summed E-state index contributed by atoms with van der Waals surface area (Å²) < 4.78 is 7.89. The van der Waals surface area contributed by atoms with Gasteiger partial charge in [-0.25, -0.2) is 4.98 Å². The molecule has 7 nitrogen and oxygen atoms in total. The van der Waals surface area contributed by atoms with Crippen LogP contribution < -0.4 is 9.64 Å². The summed E-state index contributed by atoms with van der Waals surface area (Å²) in [7, 11) is 5.74. The molecule has 25 heavy (non-hydrogen) atoms. The van der Waals surface area contributed by atoms with E-state index in [1.807, 2.05) is 56.9 Å². The monoisotopic (exact) mass is 343 g/mol. The Bertz CT molecular complexity index is 784. The first kappa shape index (κ1) is 17.3. The molecular weight excluding hydrogens is 318 g/mol. The van der Waals surface area contributed by atoms with Gasteiger partial charge in [0, 0.05) is 46.0 Å². The van der Waals surface area contributed by atoms with Crippen LogP contribution in [0.1, 0.15) is 28.2 Å². The molecule has 2 aromatic heterocycles. The van der Waals surface area contributed by atoms with Gasteiger partial charge in [-0.2, -0.15) is 5.10 Å². The molecule has 1 fully saturated rings. The number of likely N-dealkylation sites (tertiary alicyclic amines) is 1. The lowest BCUT2D eigenvalue weighted by molar-refractivity contribution is 0.0771. The first-order chi connectivity index (χ1) is 11.9. The zero-order valence-electron chi connectivity index (χ0n) is 15.5. The van der Waals surface area contributed by atoms with E-state index in [0.29, 0.717) is 18.7 Å². The molecule has 0 spiro atoms. The number of ether oxygens (including phenoxy) is 1. The van der Waals surface area contributed by atoms with Crippen molar-refractivity contribution in [3.8, 4) is 5.75 Å². The van der Waals surface area contributed by atoms with E-state index in [0.717, 1.165) is 29.4 Å². The molecule has 3 rings (SSSR count). The van der Waals surface area contributed by atoms with E-state index in [1.54, 1.807) is 10.9 Å². The minimum atomic E-state index is -0.0240. The number of carbonyl (C=O) groups is 1. The van der Waals surface area contributed by atoms with Crippen molar-refractivity contribution in [2.24, 2.45) is 7.05 Å². The Morgan fingerprint density at radius 2 is 2.12 bits per heavy atom. The molecule has 7 heteroatoms. The summed E-state index contributed by atoms with van der Waals surface area (Å²) in [5.74, 6) is 1.58. The third-order valence-corrected chi connectivity index (χ3v) is 4.62. The lowest BCUT2D eigenvalue weighted by Crippen LogP contribution is -2.31. The molecule has 2 aromatic rings. The van der Waals surface area contributed by atoms with E-state index in [-0.39, 0.29) is 12.0 Å². The van der Waals surface area contributed by atoms with Crippen LogP contribution in [0, 0.1) is 13.8 Å². The van der Waals surface area contributed by atoms with Crippen molar-refractivity contribution in [1.82, 2.24) is 19.7 Å². The Hall–Kier alpha value is -2.57. The van der Waals surface area contributed by atoms with Crippen molar-refractivity contribution in [1.29, 1.82) is 0 Å². The van der Waals surface area contributed by atoms with Crippen LogP contribution in [0.15, 0.2) is 18.3 Å². The van der Waals surface area contributed by atoms with Gasteiger partial charge in [0.1, 0.15) is 6.10 Å². The molecule has 1 saturated heterocycles. The van der Waals surface area contributed by atoms with E-state index >= 15 is 0 Å². The van der Waals surface area contributed by atoms with Crippen molar-refractivity contribution in [2.45, 2.75) is 26.4 Å². The predicted octanol–water partition coefficient (Wildman–Crippen LogP) is 1.79. The Labute approximate surface area is 148 Å². The van der Waals surface area contributed by atoms with Gasteiger partial charge >= 0.3 is 0 Å². The fraction of sp³-hybridized carbons (Fsp3) is 0.500. The number of amides is 1. The maximum Gasteiger partial charge on any atom is 0.257 e. The molecule has 0 aromatic carbocycles. The SMILES string of the molecule is Cc1nn(C)c(C)c1C(=O)N1CC[C@@H](Oc2cccnc2N(C)C)C1. The number of aromatic nitrogens is 3. The molecule has 1 atom stereocenters. The van der Waals surface area contributed by atoms with Gasteiger partial charge in [-0.1, -0.05) is 0 Å². The Kier molecular flexibility index (Phi) is 4.65. The molecule has 0 unspecified atom stereocenters. The lowest BCUT2D eigenvalue weighted by atomic mass is 10.2. The minimum Gasteiger partial charge on any atom is -0.485 e. The molecule has 0 N–H and O–H groups in total. The van der Waals surface area contributed by atoms with Crippen LogP contribution in [0.5, 0.6) is 5.75 Å². The summed E-state index contributed by atoms with van der Waals surface area (Å²) >= 11 is 0. The van der Waals surface area contributed by atoms with Gasteiger partial charge in [0.2, 0.25) is 0 Å². The summed E-state index contributed by atoms with van der Waals surface area (Å²) in [4.78, 5) is 21.0. The summed E-state index contributed by atoms with van der Waals surface area (Å²) in [6, 6.07) is 3.78. The second-order valence-corrected chi connectivity index (χ2v) is 6.67. The topological polar surface area (TPSA) is 63.5 Å². The highest BCUT2D eigenvalue weighted by molar-refractivity contribution is 5.96. The van der Waals surface area contributed by atoms with Crippen molar-refractivity contribution >= 4 is 11.7 Å². The van der Waals surface area contributed by atoms with Crippen LogP contribution in [0.4, 0.5) is 5.82 Å². The molecule has 3 heterocycles. The molecule has 134 valence electrons. The molecule has 0 radical (unpaired) electrons. The summed E-state index contributed by atoms with van der Waals surface area (Å²) in [5, 5.41) is 4.34. The number of anilines is 1. The van der Waals surface area contributed by atoms with Gasteiger partial charge in [0.15, 0.2) is 11.6 Å². The molecule has 1 aliphatic heterocycles. The Morgan fingerprint density at radius 3 is 2.76 bits per heavy atom. The zero-order valence-corrected chi connectivity index (χ0v) is 15.5. The van der Waals surface area contributed by atoms with Crippen LogP contribution in [0.25, 0.3) is 0 Å². The van der Waals surface area contributed by atoms with Crippen LogP contribution in [-0.4, -0.2) is 58.9 Å². The number of pyridine rings is 1. The highest BCUT2D eigenvalue weighted by Gasteiger charge is 2.31. The van der Waals surface area contributed by atoms with Gasteiger partial charge in [-0.15, -0.1) is 0 Å². The Morgan fingerprint density at radius 1 is 1.36 bits per heavy atom. The van der Waals surface area contributed by atoms with Crippen LogP contribution in [-0.2, 0) is 7.05 Å². The fourth-order valence-corrected chi connectivity index (χ4v) is 3.24. The average Bonchev–Trinajstić information content (AvgIpc) is 3.12. The third kappa shape index (κ3) is 3.31. The number of hydrogen-bond donors (Lipinski definition) is 0. The second-order valence-electron chi connectivity index (χ2n) is 6.67. The van der Waals surface area contributed by atoms with Crippen LogP contribution in [0.2, 0.25) is 0 Å². The van der Waals surface area contributed by atoms with E-state index < -0.39 is 0 Å². The van der Waals surface area contributed by atoms with Crippen LogP contribution in [0.3, 0.4) is 0 Å². The fourth-order valence-electron chi connectivity index (χ4n) is 3.24. The maximum absolute atomic E-state index is 12.9. The van der Waals surface area contributed by atoms with Crippen LogP contribution >= 0.6 is 0 Å². The number of carbonyl (C=O) groups excluding carboxylic acids is 1. The second kappa shape index (κ2) is 6.74. The first-order valence-electron chi connectivity index (χ1n) is 8.47. The molecule has 0 aliphatic carbocycles. The minimum absolute atomic E-state index is 0.0240. The van der Waals surface area contributed by atoms with Gasteiger partial charge in [0.25, 0.3) is 5.91 Å². The van der Waals surface area contributed by atoms with E-state index in [4.69, 9.17) is 4.74 Å². The van der Waals surface area contributed by atoms with Crippen molar-refractivity contribution in [2.75, 3.05) is 32.1 Å². The molecule has 0 saturated carbocycles. The zero-order chi connectivity index (χ0) is 18.1.